The topological polar surface area (TPSA) is 68.5 Å². The monoisotopic (exact) mass is 412 g/mol. The van der Waals surface area contributed by atoms with Gasteiger partial charge in [0.25, 0.3) is 0 Å². The lowest BCUT2D eigenvalue weighted by atomic mass is 9.73. The van der Waals surface area contributed by atoms with Crippen LogP contribution in [0.25, 0.3) is 17.0 Å². The van der Waals surface area contributed by atoms with Crippen LogP contribution in [0.5, 0.6) is 0 Å². The number of aryl methyl sites for hydroxylation is 1. The van der Waals surface area contributed by atoms with Gasteiger partial charge < -0.3 is 10.1 Å². The Balaban J connectivity index is 1.48. The molecule has 1 aliphatic rings. The maximum atomic E-state index is 13.6. The van der Waals surface area contributed by atoms with Gasteiger partial charge in [-0.3, -0.25) is 9.20 Å². The van der Waals surface area contributed by atoms with Gasteiger partial charge in [0.15, 0.2) is 0 Å². The molecule has 0 radical (unpaired) electrons. The standard InChI is InChI=1S/C25H24N4O2/c1-18-8-9-19(22-17-29-13-5-12-26-24(29)28-22)16-21(18)27-23(30)25(10-14-31-15-11-25)20-6-3-2-4-7-20/h2-9,12-13,16-17H,10-11,14-15H2,1H3,(H,27,30). The third kappa shape index (κ3) is 3.59. The molecular formula is C25H24N4O2. The van der Waals surface area contributed by atoms with Crippen LogP contribution in [0.15, 0.2) is 73.2 Å². The van der Waals surface area contributed by atoms with Crippen molar-refractivity contribution in [2.45, 2.75) is 25.2 Å². The largest absolute Gasteiger partial charge is 0.381 e. The number of nitrogens with zero attached hydrogens (tertiary/aromatic N) is 3. The fraction of sp³-hybridized carbons (Fsp3) is 0.240. The Kier molecular flexibility index (Phi) is 5.00. The van der Waals surface area contributed by atoms with Crippen molar-refractivity contribution in [3.63, 3.8) is 0 Å². The van der Waals surface area contributed by atoms with Gasteiger partial charge in [-0.05, 0) is 43.0 Å². The highest BCUT2D eigenvalue weighted by atomic mass is 16.5. The fourth-order valence-corrected chi connectivity index (χ4v) is 4.25. The Morgan fingerprint density at radius 3 is 2.68 bits per heavy atom. The summed E-state index contributed by atoms with van der Waals surface area (Å²) in [5.41, 5.74) is 4.01. The zero-order valence-corrected chi connectivity index (χ0v) is 17.4. The first kappa shape index (κ1) is 19.5. The van der Waals surface area contributed by atoms with E-state index in [1.54, 1.807) is 6.20 Å². The molecule has 3 heterocycles. The van der Waals surface area contributed by atoms with Crippen LogP contribution in [0.4, 0.5) is 5.69 Å². The number of nitrogens with one attached hydrogen (secondary N) is 1. The molecule has 1 amide bonds. The molecule has 0 spiro atoms. The molecule has 2 aromatic carbocycles. The number of hydrogen-bond donors (Lipinski definition) is 1. The van der Waals surface area contributed by atoms with Gasteiger partial charge in [0.1, 0.15) is 0 Å². The third-order valence-electron chi connectivity index (χ3n) is 6.12. The van der Waals surface area contributed by atoms with Crippen LogP contribution >= 0.6 is 0 Å². The van der Waals surface area contributed by atoms with Crippen LogP contribution in [0, 0.1) is 6.92 Å². The van der Waals surface area contributed by atoms with Crippen molar-refractivity contribution in [3.05, 3.63) is 84.3 Å². The van der Waals surface area contributed by atoms with Crippen LogP contribution in [-0.4, -0.2) is 33.5 Å². The Morgan fingerprint density at radius 1 is 1.10 bits per heavy atom. The highest BCUT2D eigenvalue weighted by Crippen LogP contribution is 2.37. The number of anilines is 1. The van der Waals surface area contributed by atoms with Crippen LogP contribution < -0.4 is 5.32 Å². The molecule has 0 aliphatic carbocycles. The molecule has 4 aromatic rings. The van der Waals surface area contributed by atoms with E-state index in [1.807, 2.05) is 78.3 Å². The normalized spacial score (nSPS) is 15.6. The number of hydrogen-bond acceptors (Lipinski definition) is 4. The van der Waals surface area contributed by atoms with Gasteiger partial charge in [0.2, 0.25) is 11.7 Å². The van der Waals surface area contributed by atoms with E-state index >= 15 is 0 Å². The molecule has 0 unspecified atom stereocenters. The first-order chi connectivity index (χ1) is 15.2. The molecule has 156 valence electrons. The van der Waals surface area contributed by atoms with Gasteiger partial charge >= 0.3 is 0 Å². The van der Waals surface area contributed by atoms with Gasteiger partial charge in [-0.1, -0.05) is 42.5 Å². The van der Waals surface area contributed by atoms with Crippen molar-refractivity contribution in [2.24, 2.45) is 0 Å². The number of rotatable bonds is 4. The molecule has 1 saturated heterocycles. The third-order valence-corrected chi connectivity index (χ3v) is 6.12. The molecule has 6 nitrogen and oxygen atoms in total. The summed E-state index contributed by atoms with van der Waals surface area (Å²) in [7, 11) is 0. The van der Waals surface area contributed by atoms with Crippen LogP contribution in [0.1, 0.15) is 24.0 Å². The van der Waals surface area contributed by atoms with E-state index in [0.29, 0.717) is 31.8 Å². The summed E-state index contributed by atoms with van der Waals surface area (Å²) >= 11 is 0. The van der Waals surface area contributed by atoms with Gasteiger partial charge in [0.05, 0.1) is 11.1 Å². The number of fused-ring (bicyclic) bond motifs is 1. The number of ether oxygens (including phenoxy) is 1. The van der Waals surface area contributed by atoms with E-state index in [0.717, 1.165) is 28.1 Å². The van der Waals surface area contributed by atoms with Crippen molar-refractivity contribution >= 4 is 17.4 Å². The quantitative estimate of drug-likeness (QED) is 0.540. The Morgan fingerprint density at radius 2 is 1.90 bits per heavy atom. The molecule has 1 fully saturated rings. The van der Waals surface area contributed by atoms with E-state index in [-0.39, 0.29) is 5.91 Å². The van der Waals surface area contributed by atoms with Crippen molar-refractivity contribution in [3.8, 4) is 11.3 Å². The van der Waals surface area contributed by atoms with Gasteiger partial charge in [0, 0.05) is 43.1 Å². The second kappa shape index (κ2) is 7.96. The molecule has 1 aliphatic heterocycles. The van der Waals surface area contributed by atoms with Gasteiger partial charge in [-0.25, -0.2) is 9.97 Å². The molecule has 2 aromatic heterocycles. The van der Waals surface area contributed by atoms with Gasteiger partial charge in [-0.15, -0.1) is 0 Å². The summed E-state index contributed by atoms with van der Waals surface area (Å²) in [6, 6.07) is 17.9. The molecule has 5 rings (SSSR count). The first-order valence-corrected chi connectivity index (χ1v) is 10.5. The second-order valence-corrected chi connectivity index (χ2v) is 8.00. The predicted molar refractivity (Wildman–Crippen MR) is 120 cm³/mol. The number of carbonyl (C=O) groups is 1. The van der Waals surface area contributed by atoms with Crippen molar-refractivity contribution < 1.29 is 9.53 Å². The minimum absolute atomic E-state index is 0.0129. The number of carbonyl (C=O) groups excluding carboxylic acids is 1. The summed E-state index contributed by atoms with van der Waals surface area (Å²) in [5, 5.41) is 3.22. The zero-order valence-electron chi connectivity index (χ0n) is 17.4. The molecule has 1 N–H and O–H groups in total. The smallest absolute Gasteiger partial charge is 0.235 e. The number of amides is 1. The molecule has 0 atom stereocenters. The number of benzene rings is 2. The lowest BCUT2D eigenvalue weighted by Gasteiger charge is -2.36. The fourth-order valence-electron chi connectivity index (χ4n) is 4.25. The summed E-state index contributed by atoms with van der Waals surface area (Å²) in [4.78, 5) is 22.5. The van der Waals surface area contributed by atoms with Crippen LogP contribution in [0.2, 0.25) is 0 Å². The highest BCUT2D eigenvalue weighted by molar-refractivity contribution is 6.00. The summed E-state index contributed by atoms with van der Waals surface area (Å²) in [6.07, 6.45) is 6.93. The van der Waals surface area contributed by atoms with E-state index in [9.17, 15) is 4.79 Å². The zero-order chi connectivity index (χ0) is 21.3. The van der Waals surface area contributed by atoms with Crippen molar-refractivity contribution in [2.75, 3.05) is 18.5 Å². The Labute approximate surface area is 180 Å². The van der Waals surface area contributed by atoms with Crippen LogP contribution in [-0.2, 0) is 14.9 Å². The first-order valence-electron chi connectivity index (χ1n) is 10.5. The van der Waals surface area contributed by atoms with Gasteiger partial charge in [-0.2, -0.15) is 0 Å². The average molecular weight is 412 g/mol. The molecule has 0 saturated carbocycles. The van der Waals surface area contributed by atoms with Crippen molar-refractivity contribution in [1.82, 2.24) is 14.4 Å². The minimum atomic E-state index is -0.588. The Bertz CT molecular complexity index is 1190. The second-order valence-electron chi connectivity index (χ2n) is 8.00. The maximum Gasteiger partial charge on any atom is 0.235 e. The SMILES string of the molecule is Cc1ccc(-c2cn3cccnc3n2)cc1NC(=O)C1(c2ccccc2)CCOCC1. The van der Waals surface area contributed by atoms with E-state index in [2.05, 4.69) is 15.3 Å². The summed E-state index contributed by atoms with van der Waals surface area (Å²) in [5.74, 6) is 0.660. The highest BCUT2D eigenvalue weighted by Gasteiger charge is 2.41. The number of aromatic nitrogens is 3. The van der Waals surface area contributed by atoms with E-state index < -0.39 is 5.41 Å². The van der Waals surface area contributed by atoms with E-state index in [1.165, 1.54) is 0 Å². The molecular weight excluding hydrogens is 388 g/mol. The lowest BCUT2D eigenvalue weighted by molar-refractivity contribution is -0.125. The summed E-state index contributed by atoms with van der Waals surface area (Å²) < 4.78 is 7.47. The van der Waals surface area contributed by atoms with Crippen LogP contribution in [0.3, 0.4) is 0 Å². The minimum Gasteiger partial charge on any atom is -0.381 e. The molecule has 6 heteroatoms. The summed E-state index contributed by atoms with van der Waals surface area (Å²) in [6.45, 7) is 3.16. The average Bonchev–Trinajstić information content (AvgIpc) is 3.26. The number of imidazole rings is 1. The van der Waals surface area contributed by atoms with E-state index in [4.69, 9.17) is 4.74 Å². The predicted octanol–water partition coefficient (Wildman–Crippen LogP) is 4.39. The Hall–Kier alpha value is -3.51. The lowest BCUT2D eigenvalue weighted by Crippen LogP contribution is -2.44. The van der Waals surface area contributed by atoms with Crippen molar-refractivity contribution in [1.29, 1.82) is 0 Å². The molecule has 0 bridgehead atoms. The molecule has 31 heavy (non-hydrogen) atoms. The maximum absolute atomic E-state index is 13.6.